The van der Waals surface area contributed by atoms with Crippen molar-refractivity contribution in [2.45, 2.75) is 24.9 Å². The minimum absolute atomic E-state index is 0.0880. The number of benzene rings is 1. The predicted octanol–water partition coefficient (Wildman–Crippen LogP) is 3.23. The Morgan fingerprint density at radius 1 is 1.24 bits per heavy atom. The van der Waals surface area contributed by atoms with Crippen LogP contribution in [0.15, 0.2) is 18.2 Å². The SMILES string of the molecule is N#Cc1cc(F)cc(Oc2nnc(C(F)(F)F)c3c2C[C@@H](F)[C@H]3O)c1. The Bertz CT molecular complexity index is 879. The molecule has 1 aromatic carbocycles. The fourth-order valence-electron chi connectivity index (χ4n) is 2.56. The van der Waals surface area contributed by atoms with Crippen LogP contribution in [0.1, 0.15) is 28.5 Å². The van der Waals surface area contributed by atoms with Crippen LogP contribution in [0.2, 0.25) is 0 Å². The standard InChI is InChI=1S/C15H8F5N3O2/c16-7-1-6(5-21)2-8(3-7)25-14-9-4-10(17)12(24)11(9)13(22-23-14)15(18,19)20/h1-3,10,12,24H,4H2/t10-,12-/m1/s1. The molecule has 0 bridgehead atoms. The van der Waals surface area contributed by atoms with Crippen LogP contribution in [0.5, 0.6) is 11.6 Å². The molecule has 5 nitrogen and oxygen atoms in total. The smallest absolute Gasteiger partial charge is 0.435 e. The molecule has 1 aliphatic rings. The van der Waals surface area contributed by atoms with E-state index in [1.807, 2.05) is 0 Å². The molecule has 0 aliphatic heterocycles. The lowest BCUT2D eigenvalue weighted by Crippen LogP contribution is -2.17. The molecule has 25 heavy (non-hydrogen) atoms. The van der Waals surface area contributed by atoms with Gasteiger partial charge in [0.1, 0.15) is 23.8 Å². The summed E-state index contributed by atoms with van der Waals surface area (Å²) >= 11 is 0. The van der Waals surface area contributed by atoms with E-state index < -0.39 is 47.8 Å². The number of halogens is 5. The van der Waals surface area contributed by atoms with Crippen molar-refractivity contribution in [1.29, 1.82) is 5.26 Å². The van der Waals surface area contributed by atoms with Gasteiger partial charge in [-0.25, -0.2) is 8.78 Å². The van der Waals surface area contributed by atoms with E-state index in [-0.39, 0.29) is 16.9 Å². The molecule has 0 saturated carbocycles. The normalized spacial score (nSPS) is 19.4. The molecule has 0 amide bonds. The van der Waals surface area contributed by atoms with Gasteiger partial charge in [0.15, 0.2) is 5.69 Å². The molecule has 130 valence electrons. The average molecular weight is 357 g/mol. The number of rotatable bonds is 2. The molecule has 1 aliphatic carbocycles. The van der Waals surface area contributed by atoms with Crippen LogP contribution in [-0.4, -0.2) is 21.5 Å². The van der Waals surface area contributed by atoms with Crippen molar-refractivity contribution in [3.63, 3.8) is 0 Å². The Labute approximate surface area is 137 Å². The fourth-order valence-corrected chi connectivity index (χ4v) is 2.56. The first-order valence-corrected chi connectivity index (χ1v) is 6.88. The second kappa shape index (κ2) is 5.93. The second-order valence-electron chi connectivity index (χ2n) is 5.30. The Morgan fingerprint density at radius 2 is 1.96 bits per heavy atom. The molecule has 1 N–H and O–H groups in total. The van der Waals surface area contributed by atoms with Crippen LogP contribution in [0.25, 0.3) is 0 Å². The summed E-state index contributed by atoms with van der Waals surface area (Å²) in [6.45, 7) is 0. The Balaban J connectivity index is 2.08. The van der Waals surface area contributed by atoms with Crippen LogP contribution in [0.4, 0.5) is 22.0 Å². The molecular weight excluding hydrogens is 349 g/mol. The van der Waals surface area contributed by atoms with E-state index in [4.69, 9.17) is 10.00 Å². The Morgan fingerprint density at radius 3 is 2.60 bits per heavy atom. The van der Waals surface area contributed by atoms with Gasteiger partial charge in [0.2, 0.25) is 5.88 Å². The third-order valence-corrected chi connectivity index (χ3v) is 3.60. The molecule has 3 rings (SSSR count). The highest BCUT2D eigenvalue weighted by Crippen LogP contribution is 2.44. The molecule has 1 heterocycles. The van der Waals surface area contributed by atoms with Crippen LogP contribution in [0.3, 0.4) is 0 Å². The second-order valence-corrected chi connectivity index (χ2v) is 5.30. The number of nitriles is 1. The van der Waals surface area contributed by atoms with Crippen molar-refractivity contribution < 1.29 is 31.8 Å². The van der Waals surface area contributed by atoms with Crippen LogP contribution in [-0.2, 0) is 12.6 Å². The van der Waals surface area contributed by atoms with E-state index in [1.54, 1.807) is 6.07 Å². The fraction of sp³-hybridized carbons (Fsp3) is 0.267. The lowest BCUT2D eigenvalue weighted by atomic mass is 10.1. The monoisotopic (exact) mass is 357 g/mol. The minimum Gasteiger partial charge on any atom is -0.437 e. The van der Waals surface area contributed by atoms with Gasteiger partial charge in [0.05, 0.1) is 11.6 Å². The number of alkyl halides is 4. The molecule has 1 aromatic heterocycles. The molecule has 0 saturated heterocycles. The van der Waals surface area contributed by atoms with Gasteiger partial charge < -0.3 is 9.84 Å². The van der Waals surface area contributed by atoms with Gasteiger partial charge >= 0.3 is 6.18 Å². The van der Waals surface area contributed by atoms with E-state index in [1.165, 1.54) is 0 Å². The number of hydrogen-bond donors (Lipinski definition) is 1. The molecule has 0 spiro atoms. The molecule has 0 radical (unpaired) electrons. The third-order valence-electron chi connectivity index (χ3n) is 3.60. The van der Waals surface area contributed by atoms with Gasteiger partial charge in [-0.15, -0.1) is 10.2 Å². The van der Waals surface area contributed by atoms with Crippen LogP contribution in [0, 0.1) is 17.1 Å². The summed E-state index contributed by atoms with van der Waals surface area (Å²) in [5, 5.41) is 24.8. The maximum atomic E-state index is 13.7. The topological polar surface area (TPSA) is 79.0 Å². The lowest BCUT2D eigenvalue weighted by Gasteiger charge is -2.15. The first-order chi connectivity index (χ1) is 11.7. The summed E-state index contributed by atoms with van der Waals surface area (Å²) in [7, 11) is 0. The van der Waals surface area contributed by atoms with Crippen molar-refractivity contribution in [2.75, 3.05) is 0 Å². The average Bonchev–Trinajstić information content (AvgIpc) is 2.82. The third kappa shape index (κ3) is 3.10. The number of ether oxygens (including phenoxy) is 1. The summed E-state index contributed by atoms with van der Waals surface area (Å²) < 4.78 is 71.3. The lowest BCUT2D eigenvalue weighted by molar-refractivity contribution is -0.143. The maximum Gasteiger partial charge on any atom is 0.435 e. The Hall–Kier alpha value is -2.80. The number of aliphatic hydroxyl groups excluding tert-OH is 1. The number of nitrogens with zero attached hydrogens (tertiary/aromatic N) is 3. The van der Waals surface area contributed by atoms with Gasteiger partial charge in [-0.2, -0.15) is 18.4 Å². The van der Waals surface area contributed by atoms with E-state index in [2.05, 4.69) is 10.2 Å². The van der Waals surface area contributed by atoms with Crippen molar-refractivity contribution in [3.8, 4) is 17.7 Å². The first-order valence-electron chi connectivity index (χ1n) is 6.88. The van der Waals surface area contributed by atoms with E-state index >= 15 is 0 Å². The zero-order chi connectivity index (χ0) is 18.4. The summed E-state index contributed by atoms with van der Waals surface area (Å²) in [6, 6.07) is 4.62. The van der Waals surface area contributed by atoms with Gasteiger partial charge in [0, 0.05) is 23.6 Å². The van der Waals surface area contributed by atoms with E-state index in [0.29, 0.717) is 0 Å². The number of aromatic nitrogens is 2. The zero-order valence-electron chi connectivity index (χ0n) is 12.2. The van der Waals surface area contributed by atoms with Crippen molar-refractivity contribution >= 4 is 0 Å². The molecule has 2 atom stereocenters. The summed E-state index contributed by atoms with van der Waals surface area (Å²) in [4.78, 5) is 0. The largest absolute Gasteiger partial charge is 0.437 e. The number of aliphatic hydroxyl groups is 1. The number of hydrogen-bond acceptors (Lipinski definition) is 5. The number of fused-ring (bicyclic) bond motifs is 1. The van der Waals surface area contributed by atoms with E-state index in [9.17, 15) is 27.1 Å². The molecule has 10 heteroatoms. The first kappa shape index (κ1) is 17.0. The molecule has 0 fully saturated rings. The summed E-state index contributed by atoms with van der Waals surface area (Å²) in [5.74, 6) is -1.52. The highest BCUT2D eigenvalue weighted by Gasteiger charge is 2.45. The molecule has 0 unspecified atom stereocenters. The van der Waals surface area contributed by atoms with Gasteiger partial charge in [-0.1, -0.05) is 0 Å². The summed E-state index contributed by atoms with van der Waals surface area (Å²) in [5.41, 5.74) is -2.64. The zero-order valence-corrected chi connectivity index (χ0v) is 12.2. The maximum absolute atomic E-state index is 13.7. The predicted molar refractivity (Wildman–Crippen MR) is 71.8 cm³/mol. The van der Waals surface area contributed by atoms with E-state index in [0.717, 1.165) is 18.2 Å². The van der Waals surface area contributed by atoms with Gasteiger partial charge in [-0.3, -0.25) is 0 Å². The van der Waals surface area contributed by atoms with Crippen molar-refractivity contribution in [1.82, 2.24) is 10.2 Å². The summed E-state index contributed by atoms with van der Waals surface area (Å²) in [6.07, 6.45) is -9.50. The minimum atomic E-state index is -4.94. The van der Waals surface area contributed by atoms with Gasteiger partial charge in [0.25, 0.3) is 0 Å². The van der Waals surface area contributed by atoms with Gasteiger partial charge in [-0.05, 0) is 12.1 Å². The van der Waals surface area contributed by atoms with Crippen LogP contribution >= 0.6 is 0 Å². The van der Waals surface area contributed by atoms with Crippen molar-refractivity contribution in [2.24, 2.45) is 0 Å². The van der Waals surface area contributed by atoms with Crippen LogP contribution < -0.4 is 4.74 Å². The highest BCUT2D eigenvalue weighted by molar-refractivity contribution is 5.47. The van der Waals surface area contributed by atoms with Crippen molar-refractivity contribution in [3.05, 3.63) is 46.4 Å². The molecule has 2 aromatic rings. The highest BCUT2D eigenvalue weighted by atomic mass is 19.4. The Kier molecular flexibility index (Phi) is 4.04. The quantitative estimate of drug-likeness (QED) is 0.835. The molecular formula is C15H8F5N3O2.